The Labute approximate surface area is 195 Å². The van der Waals surface area contributed by atoms with E-state index in [2.05, 4.69) is 27.3 Å². The highest BCUT2D eigenvalue weighted by atomic mass is 35.5. The first-order valence-corrected chi connectivity index (χ1v) is 12.1. The van der Waals surface area contributed by atoms with E-state index in [1.807, 2.05) is 30.9 Å². The fraction of sp³-hybridized carbons (Fsp3) is 0.520. The van der Waals surface area contributed by atoms with Gasteiger partial charge in [-0.15, -0.1) is 0 Å². The second-order valence-electron chi connectivity index (χ2n) is 9.13. The molecule has 2 aromatic rings. The first-order valence-electron chi connectivity index (χ1n) is 11.7. The minimum Gasteiger partial charge on any atom is -0.349 e. The van der Waals surface area contributed by atoms with Gasteiger partial charge in [0.25, 0.3) is 5.91 Å². The number of likely N-dealkylation sites (tertiary alicyclic amines) is 1. The van der Waals surface area contributed by atoms with Gasteiger partial charge >= 0.3 is 6.03 Å². The molecular weight excluding hydrogens is 424 g/mol. The third-order valence-corrected chi connectivity index (χ3v) is 7.10. The molecule has 0 unspecified atom stereocenters. The third kappa shape index (κ3) is 5.12. The van der Waals surface area contributed by atoms with Crippen LogP contribution in [0.3, 0.4) is 0 Å². The number of halogens is 1. The van der Waals surface area contributed by atoms with Gasteiger partial charge < -0.3 is 20.1 Å². The minimum absolute atomic E-state index is 0.0369. The van der Waals surface area contributed by atoms with Gasteiger partial charge in [-0.1, -0.05) is 30.9 Å². The number of nitrogens with one attached hydrogen (secondary N) is 2. The van der Waals surface area contributed by atoms with E-state index in [0.29, 0.717) is 29.7 Å². The summed E-state index contributed by atoms with van der Waals surface area (Å²) in [5.41, 5.74) is 3.62. The number of carbonyl (C=O) groups is 2. The SMILES string of the molecule is Cc1ccc(C)n1-c1ccc(Cl)c(C(=O)NC2CCN(C(=O)NC3CCCCC3)CC2)c1. The van der Waals surface area contributed by atoms with Gasteiger partial charge in [0, 0.05) is 42.2 Å². The van der Waals surface area contributed by atoms with E-state index in [1.54, 1.807) is 6.07 Å². The average Bonchev–Trinajstić information content (AvgIpc) is 3.13. The molecule has 0 atom stereocenters. The Balaban J connectivity index is 1.34. The molecule has 2 aliphatic rings. The molecule has 2 fully saturated rings. The van der Waals surface area contributed by atoms with Crippen molar-refractivity contribution in [2.75, 3.05) is 13.1 Å². The first kappa shape index (κ1) is 22.7. The van der Waals surface area contributed by atoms with Gasteiger partial charge in [0.05, 0.1) is 10.6 Å². The second kappa shape index (κ2) is 9.99. The van der Waals surface area contributed by atoms with Crippen LogP contribution in [0.1, 0.15) is 66.7 Å². The smallest absolute Gasteiger partial charge is 0.317 e. The first-order chi connectivity index (χ1) is 15.4. The van der Waals surface area contributed by atoms with Crippen molar-refractivity contribution in [1.82, 2.24) is 20.1 Å². The zero-order valence-electron chi connectivity index (χ0n) is 19.0. The molecule has 32 heavy (non-hydrogen) atoms. The summed E-state index contributed by atoms with van der Waals surface area (Å²) in [5, 5.41) is 6.76. The Morgan fingerprint density at radius 3 is 2.16 bits per heavy atom. The van der Waals surface area contributed by atoms with Gasteiger partial charge in [-0.25, -0.2) is 4.79 Å². The Morgan fingerprint density at radius 2 is 1.50 bits per heavy atom. The molecule has 7 heteroatoms. The fourth-order valence-electron chi connectivity index (χ4n) is 4.90. The molecule has 1 saturated heterocycles. The molecule has 4 rings (SSSR count). The minimum atomic E-state index is -0.163. The number of hydrogen-bond donors (Lipinski definition) is 2. The molecule has 1 aromatic carbocycles. The van der Waals surface area contributed by atoms with Gasteiger partial charge in [0.1, 0.15) is 0 Å². The summed E-state index contributed by atoms with van der Waals surface area (Å²) in [7, 11) is 0. The lowest BCUT2D eigenvalue weighted by atomic mass is 9.95. The number of rotatable bonds is 4. The number of carbonyl (C=O) groups excluding carboxylic acids is 2. The van der Waals surface area contributed by atoms with Gasteiger partial charge in [0.2, 0.25) is 0 Å². The predicted octanol–water partition coefficient (Wildman–Crippen LogP) is 4.98. The van der Waals surface area contributed by atoms with Crippen LogP contribution < -0.4 is 10.6 Å². The summed E-state index contributed by atoms with van der Waals surface area (Å²) in [6.07, 6.45) is 7.34. The van der Waals surface area contributed by atoms with Crippen LogP contribution in [-0.2, 0) is 0 Å². The molecule has 6 nitrogen and oxygen atoms in total. The Morgan fingerprint density at radius 1 is 0.875 bits per heavy atom. The summed E-state index contributed by atoms with van der Waals surface area (Å²) in [6, 6.07) is 10.1. The molecule has 1 saturated carbocycles. The van der Waals surface area contributed by atoms with Gasteiger partial charge in [-0.05, 0) is 69.9 Å². The van der Waals surface area contributed by atoms with Crippen molar-refractivity contribution in [2.45, 2.75) is 70.9 Å². The summed E-state index contributed by atoms with van der Waals surface area (Å²) in [4.78, 5) is 27.5. The number of amides is 3. The normalized spacial score (nSPS) is 17.9. The molecule has 1 aromatic heterocycles. The van der Waals surface area contributed by atoms with E-state index >= 15 is 0 Å². The van der Waals surface area contributed by atoms with Crippen LogP contribution in [0.25, 0.3) is 5.69 Å². The number of benzene rings is 1. The largest absolute Gasteiger partial charge is 0.349 e. The van der Waals surface area contributed by atoms with Crippen LogP contribution in [0.5, 0.6) is 0 Å². The number of nitrogens with zero attached hydrogens (tertiary/aromatic N) is 2. The Hall–Kier alpha value is -2.47. The summed E-state index contributed by atoms with van der Waals surface area (Å²) >= 11 is 6.38. The highest BCUT2D eigenvalue weighted by molar-refractivity contribution is 6.33. The lowest BCUT2D eigenvalue weighted by Gasteiger charge is -2.34. The summed E-state index contributed by atoms with van der Waals surface area (Å²) in [5.74, 6) is -0.163. The van der Waals surface area contributed by atoms with Crippen molar-refractivity contribution in [3.63, 3.8) is 0 Å². The zero-order valence-corrected chi connectivity index (χ0v) is 19.8. The Kier molecular flexibility index (Phi) is 7.09. The molecule has 3 amide bonds. The van der Waals surface area contributed by atoms with Crippen molar-refractivity contribution < 1.29 is 9.59 Å². The summed E-state index contributed by atoms with van der Waals surface area (Å²) in [6.45, 7) is 5.39. The molecule has 2 N–H and O–H groups in total. The highest BCUT2D eigenvalue weighted by Gasteiger charge is 2.26. The number of hydrogen-bond acceptors (Lipinski definition) is 2. The van der Waals surface area contributed by atoms with E-state index in [4.69, 9.17) is 11.6 Å². The molecule has 0 bridgehead atoms. The lowest BCUT2D eigenvalue weighted by Crippen LogP contribution is -2.51. The predicted molar refractivity (Wildman–Crippen MR) is 128 cm³/mol. The van der Waals surface area contributed by atoms with E-state index in [-0.39, 0.29) is 18.0 Å². The maximum absolute atomic E-state index is 13.0. The topological polar surface area (TPSA) is 66.4 Å². The van der Waals surface area contributed by atoms with Crippen molar-refractivity contribution in [1.29, 1.82) is 0 Å². The number of piperidine rings is 1. The molecule has 1 aliphatic heterocycles. The van der Waals surface area contributed by atoms with Crippen molar-refractivity contribution in [3.8, 4) is 5.69 Å². The number of aryl methyl sites for hydroxylation is 2. The maximum atomic E-state index is 13.0. The van der Waals surface area contributed by atoms with Crippen LogP contribution in [0, 0.1) is 13.8 Å². The Bertz CT molecular complexity index is 953. The van der Waals surface area contributed by atoms with Crippen LogP contribution in [0.2, 0.25) is 5.02 Å². The standard InChI is InChI=1S/C25H33ClN4O2/c1-17-8-9-18(2)30(17)21-10-11-23(26)22(16-21)24(31)27-20-12-14-29(15-13-20)25(32)28-19-6-4-3-5-7-19/h8-11,16,19-20H,3-7,12-15H2,1-2H3,(H,27,31)(H,28,32). The molecule has 1 aliphatic carbocycles. The number of urea groups is 1. The van der Waals surface area contributed by atoms with E-state index in [9.17, 15) is 9.59 Å². The van der Waals surface area contributed by atoms with Crippen LogP contribution >= 0.6 is 11.6 Å². The van der Waals surface area contributed by atoms with E-state index < -0.39 is 0 Å². The van der Waals surface area contributed by atoms with Gasteiger partial charge in [-0.2, -0.15) is 0 Å². The quantitative estimate of drug-likeness (QED) is 0.681. The van der Waals surface area contributed by atoms with Gasteiger partial charge in [-0.3, -0.25) is 4.79 Å². The zero-order chi connectivity index (χ0) is 22.7. The monoisotopic (exact) mass is 456 g/mol. The molecule has 172 valence electrons. The molecular formula is C25H33ClN4O2. The fourth-order valence-corrected chi connectivity index (χ4v) is 5.11. The van der Waals surface area contributed by atoms with Crippen molar-refractivity contribution >= 4 is 23.5 Å². The lowest BCUT2D eigenvalue weighted by molar-refractivity contribution is 0.0917. The van der Waals surface area contributed by atoms with Crippen molar-refractivity contribution in [2.24, 2.45) is 0 Å². The van der Waals surface area contributed by atoms with Crippen molar-refractivity contribution in [3.05, 3.63) is 52.3 Å². The average molecular weight is 457 g/mol. The molecule has 0 spiro atoms. The second-order valence-corrected chi connectivity index (χ2v) is 9.54. The van der Waals surface area contributed by atoms with E-state index in [0.717, 1.165) is 42.8 Å². The van der Waals surface area contributed by atoms with Crippen LogP contribution in [-0.4, -0.2) is 46.6 Å². The maximum Gasteiger partial charge on any atom is 0.317 e. The van der Waals surface area contributed by atoms with Crippen LogP contribution in [0.4, 0.5) is 4.79 Å². The number of aromatic nitrogens is 1. The van der Waals surface area contributed by atoms with Gasteiger partial charge in [0.15, 0.2) is 0 Å². The molecule has 2 heterocycles. The van der Waals surface area contributed by atoms with Crippen LogP contribution in [0.15, 0.2) is 30.3 Å². The highest BCUT2D eigenvalue weighted by Crippen LogP contribution is 2.24. The molecule has 0 radical (unpaired) electrons. The third-order valence-electron chi connectivity index (χ3n) is 6.77. The summed E-state index contributed by atoms with van der Waals surface area (Å²) < 4.78 is 2.11. The van der Waals surface area contributed by atoms with E-state index in [1.165, 1.54) is 19.3 Å².